The summed E-state index contributed by atoms with van der Waals surface area (Å²) in [5.41, 5.74) is 7.91. The molecule has 0 radical (unpaired) electrons. The maximum atomic E-state index is 5.71. The summed E-state index contributed by atoms with van der Waals surface area (Å²) < 4.78 is 0. The molecule has 2 rings (SSSR count). The highest BCUT2D eigenvalue weighted by Crippen LogP contribution is 2.28. The lowest BCUT2D eigenvalue weighted by atomic mass is 10.0. The molecule has 1 fully saturated rings. The second kappa shape index (κ2) is 5.11. The fraction of sp³-hybridized carbons (Fsp3) is 0.538. The lowest BCUT2D eigenvalue weighted by molar-refractivity contribution is 0.201. The van der Waals surface area contributed by atoms with Crippen molar-refractivity contribution in [3.8, 4) is 0 Å². The van der Waals surface area contributed by atoms with Crippen molar-refractivity contribution in [2.75, 3.05) is 24.3 Å². The van der Waals surface area contributed by atoms with Gasteiger partial charge >= 0.3 is 0 Å². The molecule has 0 saturated carbocycles. The van der Waals surface area contributed by atoms with Crippen LogP contribution in [0.2, 0.25) is 0 Å². The number of anilines is 1. The molecule has 88 valence electrons. The van der Waals surface area contributed by atoms with Gasteiger partial charge in [0.2, 0.25) is 0 Å². The Morgan fingerprint density at radius 1 is 1.38 bits per heavy atom. The first-order valence-corrected chi connectivity index (χ1v) is 6.99. The number of thioether (sulfide) groups is 1. The van der Waals surface area contributed by atoms with Crippen molar-refractivity contribution in [2.45, 2.75) is 25.4 Å². The number of hydrogen-bond donors (Lipinski definition) is 1. The highest BCUT2D eigenvalue weighted by atomic mass is 32.2. The first kappa shape index (κ1) is 11.8. The molecule has 1 aromatic carbocycles. The average molecular weight is 236 g/mol. The minimum Gasteiger partial charge on any atom is -0.399 e. The average Bonchev–Trinajstić information content (AvgIpc) is 2.81. The summed E-state index contributed by atoms with van der Waals surface area (Å²) in [6, 6.07) is 9.46. The van der Waals surface area contributed by atoms with Crippen molar-refractivity contribution in [2.24, 2.45) is 0 Å². The van der Waals surface area contributed by atoms with E-state index in [1.807, 2.05) is 12.1 Å². The lowest BCUT2D eigenvalue weighted by Crippen LogP contribution is -2.33. The van der Waals surface area contributed by atoms with Gasteiger partial charge in [-0.15, -0.1) is 0 Å². The van der Waals surface area contributed by atoms with Gasteiger partial charge < -0.3 is 5.73 Å². The van der Waals surface area contributed by atoms with Crippen molar-refractivity contribution in [1.82, 2.24) is 4.90 Å². The number of nitrogens with two attached hydrogens (primary N) is 1. The Kier molecular flexibility index (Phi) is 3.77. The van der Waals surface area contributed by atoms with Crippen LogP contribution in [0.25, 0.3) is 0 Å². The van der Waals surface area contributed by atoms with E-state index in [2.05, 4.69) is 42.8 Å². The monoisotopic (exact) mass is 236 g/mol. The van der Waals surface area contributed by atoms with Gasteiger partial charge in [0.15, 0.2) is 0 Å². The van der Waals surface area contributed by atoms with E-state index >= 15 is 0 Å². The summed E-state index contributed by atoms with van der Waals surface area (Å²) in [6.07, 6.45) is 1.32. The summed E-state index contributed by atoms with van der Waals surface area (Å²) in [7, 11) is 2.23. The molecule has 0 aromatic heterocycles. The van der Waals surface area contributed by atoms with Crippen LogP contribution in [0.5, 0.6) is 0 Å². The molecule has 0 aliphatic carbocycles. The Morgan fingerprint density at radius 3 is 2.62 bits per heavy atom. The lowest BCUT2D eigenvalue weighted by Gasteiger charge is -2.30. The SMILES string of the molecule is CC(c1ccc(N)cc1)N(C)C1CCSC1. The molecule has 2 N–H and O–H groups in total. The number of nitrogens with zero attached hydrogens (tertiary/aromatic N) is 1. The Morgan fingerprint density at radius 2 is 2.06 bits per heavy atom. The number of hydrogen-bond acceptors (Lipinski definition) is 3. The molecule has 1 heterocycles. The van der Waals surface area contributed by atoms with Crippen molar-refractivity contribution in [3.05, 3.63) is 29.8 Å². The third-order valence-corrected chi connectivity index (χ3v) is 4.66. The minimum atomic E-state index is 0.476. The topological polar surface area (TPSA) is 29.3 Å². The molecule has 0 amide bonds. The van der Waals surface area contributed by atoms with E-state index in [1.165, 1.54) is 23.5 Å². The van der Waals surface area contributed by atoms with Crippen molar-refractivity contribution in [3.63, 3.8) is 0 Å². The third-order valence-electron chi connectivity index (χ3n) is 3.51. The van der Waals surface area contributed by atoms with Gasteiger partial charge in [0, 0.05) is 23.5 Å². The molecule has 1 aliphatic heterocycles. The zero-order chi connectivity index (χ0) is 11.5. The zero-order valence-corrected chi connectivity index (χ0v) is 10.8. The molecular formula is C13H20N2S. The van der Waals surface area contributed by atoms with Crippen LogP contribution in [0.4, 0.5) is 5.69 Å². The maximum Gasteiger partial charge on any atom is 0.0320 e. The second-order valence-electron chi connectivity index (χ2n) is 4.53. The highest BCUT2D eigenvalue weighted by Gasteiger charge is 2.24. The van der Waals surface area contributed by atoms with Gasteiger partial charge in [0.25, 0.3) is 0 Å². The summed E-state index contributed by atoms with van der Waals surface area (Å²) in [5.74, 6) is 2.58. The van der Waals surface area contributed by atoms with Crippen LogP contribution >= 0.6 is 11.8 Å². The predicted molar refractivity (Wildman–Crippen MR) is 72.8 cm³/mol. The Balaban J connectivity index is 2.05. The fourth-order valence-corrected chi connectivity index (χ4v) is 3.45. The molecule has 1 aliphatic rings. The largest absolute Gasteiger partial charge is 0.399 e. The van der Waals surface area contributed by atoms with E-state index in [-0.39, 0.29) is 0 Å². The molecule has 1 saturated heterocycles. The van der Waals surface area contributed by atoms with Crippen LogP contribution in [0.1, 0.15) is 24.9 Å². The molecular weight excluding hydrogens is 216 g/mol. The molecule has 0 bridgehead atoms. The first-order valence-electron chi connectivity index (χ1n) is 5.83. The minimum absolute atomic E-state index is 0.476. The normalized spacial score (nSPS) is 22.6. The van der Waals surface area contributed by atoms with Crippen molar-refractivity contribution >= 4 is 17.4 Å². The third kappa shape index (κ3) is 2.53. The molecule has 2 unspecified atom stereocenters. The molecule has 2 nitrogen and oxygen atoms in total. The van der Waals surface area contributed by atoms with Crippen molar-refractivity contribution < 1.29 is 0 Å². The van der Waals surface area contributed by atoms with E-state index in [9.17, 15) is 0 Å². The van der Waals surface area contributed by atoms with Gasteiger partial charge in [0.05, 0.1) is 0 Å². The summed E-state index contributed by atoms with van der Waals surface area (Å²) >= 11 is 2.06. The van der Waals surface area contributed by atoms with E-state index in [0.717, 1.165) is 11.7 Å². The van der Waals surface area contributed by atoms with Crippen LogP contribution in [0.15, 0.2) is 24.3 Å². The quantitative estimate of drug-likeness (QED) is 0.818. The van der Waals surface area contributed by atoms with Gasteiger partial charge in [-0.3, -0.25) is 4.90 Å². The van der Waals surface area contributed by atoms with Crippen LogP contribution in [-0.2, 0) is 0 Å². The number of benzene rings is 1. The maximum absolute atomic E-state index is 5.71. The molecule has 2 atom stereocenters. The van der Waals surface area contributed by atoms with Crippen LogP contribution in [0, 0.1) is 0 Å². The van der Waals surface area contributed by atoms with Crippen LogP contribution in [0.3, 0.4) is 0 Å². The summed E-state index contributed by atoms with van der Waals surface area (Å²) in [5, 5.41) is 0. The first-order chi connectivity index (χ1) is 7.68. The van der Waals surface area contributed by atoms with E-state index in [0.29, 0.717) is 6.04 Å². The number of rotatable bonds is 3. The Labute approximate surface area is 102 Å². The van der Waals surface area contributed by atoms with Gasteiger partial charge in [-0.05, 0) is 43.8 Å². The van der Waals surface area contributed by atoms with Crippen LogP contribution in [-0.4, -0.2) is 29.5 Å². The van der Waals surface area contributed by atoms with Crippen LogP contribution < -0.4 is 5.73 Å². The Hall–Kier alpha value is -0.670. The van der Waals surface area contributed by atoms with Gasteiger partial charge in [-0.2, -0.15) is 11.8 Å². The molecule has 1 aromatic rings. The molecule has 3 heteroatoms. The molecule has 0 spiro atoms. The van der Waals surface area contributed by atoms with Crippen molar-refractivity contribution in [1.29, 1.82) is 0 Å². The summed E-state index contributed by atoms with van der Waals surface area (Å²) in [4.78, 5) is 2.49. The van der Waals surface area contributed by atoms with Gasteiger partial charge in [-0.25, -0.2) is 0 Å². The summed E-state index contributed by atoms with van der Waals surface area (Å²) in [6.45, 7) is 2.27. The number of nitrogen functional groups attached to an aromatic ring is 1. The van der Waals surface area contributed by atoms with Gasteiger partial charge in [0.1, 0.15) is 0 Å². The smallest absolute Gasteiger partial charge is 0.0320 e. The predicted octanol–water partition coefficient (Wildman–Crippen LogP) is 2.77. The highest BCUT2D eigenvalue weighted by molar-refractivity contribution is 7.99. The fourth-order valence-electron chi connectivity index (χ4n) is 2.17. The van der Waals surface area contributed by atoms with E-state index < -0.39 is 0 Å². The van der Waals surface area contributed by atoms with E-state index in [4.69, 9.17) is 5.73 Å². The second-order valence-corrected chi connectivity index (χ2v) is 5.68. The zero-order valence-electron chi connectivity index (χ0n) is 10.0. The Bertz CT molecular complexity index is 330. The standard InChI is InChI=1S/C13H20N2S/c1-10(11-3-5-12(14)6-4-11)15(2)13-7-8-16-9-13/h3-6,10,13H,7-9,14H2,1-2H3. The molecule has 16 heavy (non-hydrogen) atoms. The van der Waals surface area contributed by atoms with E-state index in [1.54, 1.807) is 0 Å². The van der Waals surface area contributed by atoms with Gasteiger partial charge in [-0.1, -0.05) is 12.1 Å².